The first-order valence-electron chi connectivity index (χ1n) is 8.20. The van der Waals surface area contributed by atoms with Crippen molar-refractivity contribution >= 4 is 23.1 Å². The van der Waals surface area contributed by atoms with Crippen LogP contribution in [0.15, 0.2) is 60.9 Å². The topological polar surface area (TPSA) is 66.9 Å². The second-order valence-corrected chi connectivity index (χ2v) is 5.78. The first-order chi connectivity index (χ1) is 12.1. The Hall–Kier alpha value is -3.21. The van der Waals surface area contributed by atoms with E-state index in [4.69, 9.17) is 0 Å². The molecule has 0 aliphatic carbocycles. The normalized spacial score (nSPS) is 10.3. The molecular weight excluding hydrogens is 312 g/mol. The van der Waals surface area contributed by atoms with Gasteiger partial charge in [0.2, 0.25) is 0 Å². The molecule has 25 heavy (non-hydrogen) atoms. The van der Waals surface area contributed by atoms with E-state index in [1.54, 1.807) is 6.20 Å². The number of hydrogen-bond acceptors (Lipinski definition) is 4. The fraction of sp³-hybridized carbons (Fsp3) is 0.150. The van der Waals surface area contributed by atoms with Crippen LogP contribution in [0.3, 0.4) is 0 Å². The third kappa shape index (κ3) is 4.41. The Morgan fingerprint density at radius 3 is 2.20 bits per heavy atom. The van der Waals surface area contributed by atoms with Crippen LogP contribution < -0.4 is 10.6 Å². The molecule has 2 N–H and O–H groups in total. The fourth-order valence-corrected chi connectivity index (χ4v) is 2.31. The quantitative estimate of drug-likeness (QED) is 0.729. The van der Waals surface area contributed by atoms with Crippen LogP contribution in [0.5, 0.6) is 0 Å². The van der Waals surface area contributed by atoms with E-state index >= 15 is 0 Å². The molecule has 1 aromatic heterocycles. The van der Waals surface area contributed by atoms with Crippen molar-refractivity contribution in [3.63, 3.8) is 0 Å². The van der Waals surface area contributed by atoms with Crippen molar-refractivity contribution in [2.45, 2.75) is 20.3 Å². The van der Waals surface area contributed by atoms with E-state index in [-0.39, 0.29) is 11.6 Å². The summed E-state index contributed by atoms with van der Waals surface area (Å²) in [5, 5.41) is 5.98. The predicted octanol–water partition coefficient (Wildman–Crippen LogP) is 4.34. The number of nitrogens with one attached hydrogen (secondary N) is 2. The van der Waals surface area contributed by atoms with E-state index in [0.29, 0.717) is 5.82 Å². The van der Waals surface area contributed by atoms with Gasteiger partial charge in [-0.2, -0.15) is 0 Å². The number of carbonyl (C=O) groups excluding carboxylic acids is 1. The van der Waals surface area contributed by atoms with Crippen molar-refractivity contribution < 1.29 is 4.79 Å². The Morgan fingerprint density at radius 1 is 0.920 bits per heavy atom. The maximum atomic E-state index is 12.2. The van der Waals surface area contributed by atoms with Crippen LogP contribution in [-0.4, -0.2) is 15.9 Å². The summed E-state index contributed by atoms with van der Waals surface area (Å²) in [6.07, 6.45) is 3.98. The summed E-state index contributed by atoms with van der Waals surface area (Å²) in [5.41, 5.74) is 4.35. The third-order valence-corrected chi connectivity index (χ3v) is 3.83. The van der Waals surface area contributed by atoms with Gasteiger partial charge in [-0.3, -0.25) is 4.79 Å². The largest absolute Gasteiger partial charge is 0.339 e. The van der Waals surface area contributed by atoms with Gasteiger partial charge in [0.1, 0.15) is 11.5 Å². The standard InChI is InChI=1S/C20H20N4O/c1-3-15-6-10-17(11-7-15)24-20(25)18-12-22-19(13-21-18)23-16-8-4-14(2)5-9-16/h4-13H,3H2,1-2H3,(H,22,23)(H,24,25). The van der Waals surface area contributed by atoms with Gasteiger partial charge in [-0.1, -0.05) is 36.8 Å². The van der Waals surface area contributed by atoms with Gasteiger partial charge in [0, 0.05) is 11.4 Å². The van der Waals surface area contributed by atoms with E-state index in [9.17, 15) is 4.79 Å². The number of nitrogens with zero attached hydrogens (tertiary/aromatic N) is 2. The molecule has 126 valence electrons. The van der Waals surface area contributed by atoms with E-state index in [2.05, 4.69) is 27.5 Å². The van der Waals surface area contributed by atoms with Gasteiger partial charge in [0.25, 0.3) is 5.91 Å². The average molecular weight is 332 g/mol. The molecule has 1 amide bonds. The zero-order chi connectivity index (χ0) is 17.6. The molecule has 1 heterocycles. The minimum Gasteiger partial charge on any atom is -0.339 e. The maximum Gasteiger partial charge on any atom is 0.275 e. The Morgan fingerprint density at radius 2 is 1.60 bits per heavy atom. The Bertz CT molecular complexity index is 840. The van der Waals surface area contributed by atoms with Crippen molar-refractivity contribution in [2.24, 2.45) is 0 Å². The lowest BCUT2D eigenvalue weighted by atomic mass is 10.1. The third-order valence-electron chi connectivity index (χ3n) is 3.83. The lowest BCUT2D eigenvalue weighted by Gasteiger charge is -2.07. The van der Waals surface area contributed by atoms with Crippen molar-refractivity contribution in [2.75, 3.05) is 10.6 Å². The van der Waals surface area contributed by atoms with Crippen molar-refractivity contribution in [3.8, 4) is 0 Å². The monoisotopic (exact) mass is 332 g/mol. The summed E-state index contributed by atoms with van der Waals surface area (Å²) in [7, 11) is 0. The molecule has 0 radical (unpaired) electrons. The molecule has 3 aromatic rings. The van der Waals surface area contributed by atoms with Crippen molar-refractivity contribution in [1.29, 1.82) is 0 Å². The SMILES string of the molecule is CCc1ccc(NC(=O)c2cnc(Nc3ccc(C)cc3)cn2)cc1. The highest BCUT2D eigenvalue weighted by Gasteiger charge is 2.08. The number of anilines is 3. The molecule has 2 aromatic carbocycles. The first kappa shape index (κ1) is 16.6. The zero-order valence-corrected chi connectivity index (χ0v) is 14.3. The van der Waals surface area contributed by atoms with Crippen LogP contribution in [0.25, 0.3) is 0 Å². The van der Waals surface area contributed by atoms with Gasteiger partial charge in [0.15, 0.2) is 0 Å². The molecule has 0 saturated carbocycles. The van der Waals surface area contributed by atoms with E-state index in [1.165, 1.54) is 17.3 Å². The summed E-state index contributed by atoms with van der Waals surface area (Å²) in [6.45, 7) is 4.13. The van der Waals surface area contributed by atoms with E-state index in [0.717, 1.165) is 17.8 Å². The van der Waals surface area contributed by atoms with Gasteiger partial charge in [-0.15, -0.1) is 0 Å². The number of benzene rings is 2. The lowest BCUT2D eigenvalue weighted by Crippen LogP contribution is -2.14. The molecule has 5 heteroatoms. The Labute approximate surface area is 147 Å². The number of carbonyl (C=O) groups is 1. The molecule has 0 unspecified atom stereocenters. The van der Waals surface area contributed by atoms with Crippen LogP contribution in [-0.2, 0) is 6.42 Å². The van der Waals surface area contributed by atoms with Crippen LogP contribution in [0.2, 0.25) is 0 Å². The minimum absolute atomic E-state index is 0.272. The molecule has 0 saturated heterocycles. The van der Waals surface area contributed by atoms with E-state index < -0.39 is 0 Å². The van der Waals surface area contributed by atoms with Gasteiger partial charge < -0.3 is 10.6 Å². The van der Waals surface area contributed by atoms with Crippen molar-refractivity contribution in [3.05, 3.63) is 77.7 Å². The summed E-state index contributed by atoms with van der Waals surface area (Å²) in [5.74, 6) is 0.311. The molecule has 0 aliphatic rings. The average Bonchev–Trinajstić information content (AvgIpc) is 2.65. The number of hydrogen-bond donors (Lipinski definition) is 2. The fourth-order valence-electron chi connectivity index (χ4n) is 2.31. The highest BCUT2D eigenvalue weighted by Crippen LogP contribution is 2.15. The lowest BCUT2D eigenvalue weighted by molar-refractivity contribution is 0.102. The number of aryl methyl sites for hydroxylation is 2. The van der Waals surface area contributed by atoms with Crippen LogP contribution in [0.4, 0.5) is 17.2 Å². The van der Waals surface area contributed by atoms with Gasteiger partial charge in [0.05, 0.1) is 12.4 Å². The van der Waals surface area contributed by atoms with Crippen LogP contribution in [0, 0.1) is 6.92 Å². The molecule has 0 fully saturated rings. The second kappa shape index (κ2) is 7.57. The first-order valence-corrected chi connectivity index (χ1v) is 8.20. The molecule has 0 atom stereocenters. The van der Waals surface area contributed by atoms with Gasteiger partial charge >= 0.3 is 0 Å². The Balaban J connectivity index is 1.64. The molecular formula is C20H20N4O. The summed E-state index contributed by atoms with van der Waals surface area (Å²) in [6, 6.07) is 15.7. The highest BCUT2D eigenvalue weighted by molar-refractivity contribution is 6.02. The van der Waals surface area contributed by atoms with Gasteiger partial charge in [-0.05, 0) is 43.2 Å². The van der Waals surface area contributed by atoms with E-state index in [1.807, 2.05) is 55.5 Å². The maximum absolute atomic E-state index is 12.2. The summed E-state index contributed by atoms with van der Waals surface area (Å²) >= 11 is 0. The predicted molar refractivity (Wildman–Crippen MR) is 100 cm³/mol. The molecule has 0 aliphatic heterocycles. The summed E-state index contributed by atoms with van der Waals surface area (Å²) < 4.78 is 0. The molecule has 3 rings (SSSR count). The van der Waals surface area contributed by atoms with Crippen LogP contribution >= 0.6 is 0 Å². The number of aromatic nitrogens is 2. The molecule has 0 bridgehead atoms. The Kier molecular flexibility index (Phi) is 5.04. The second-order valence-electron chi connectivity index (χ2n) is 5.78. The highest BCUT2D eigenvalue weighted by atomic mass is 16.1. The molecule has 5 nitrogen and oxygen atoms in total. The van der Waals surface area contributed by atoms with Crippen LogP contribution in [0.1, 0.15) is 28.5 Å². The van der Waals surface area contributed by atoms with Crippen molar-refractivity contribution in [1.82, 2.24) is 9.97 Å². The van der Waals surface area contributed by atoms with Gasteiger partial charge in [-0.25, -0.2) is 9.97 Å². The zero-order valence-electron chi connectivity index (χ0n) is 14.3. The number of rotatable bonds is 5. The minimum atomic E-state index is -0.279. The number of amides is 1. The summed E-state index contributed by atoms with van der Waals surface area (Å²) in [4.78, 5) is 20.7. The smallest absolute Gasteiger partial charge is 0.275 e. The molecule has 0 spiro atoms.